The van der Waals surface area contributed by atoms with Gasteiger partial charge in [0.25, 0.3) is 0 Å². The molecule has 2 N–H and O–H groups in total. The number of fused-ring (bicyclic) bond motifs is 1. The zero-order valence-electron chi connectivity index (χ0n) is 18.0. The Morgan fingerprint density at radius 2 is 1.83 bits per heavy atom. The van der Waals surface area contributed by atoms with Crippen molar-refractivity contribution in [3.8, 4) is 6.01 Å². The Labute approximate surface area is 174 Å². The average molecular weight is 402 g/mol. The van der Waals surface area contributed by atoms with Gasteiger partial charge in [0.2, 0.25) is 5.88 Å². The van der Waals surface area contributed by atoms with Crippen LogP contribution in [-0.2, 0) is 4.74 Å². The van der Waals surface area contributed by atoms with Gasteiger partial charge >= 0.3 is 6.01 Å². The van der Waals surface area contributed by atoms with E-state index >= 15 is 0 Å². The minimum atomic E-state index is 0.329. The molecule has 3 rings (SSSR count). The van der Waals surface area contributed by atoms with Crippen molar-refractivity contribution in [2.75, 3.05) is 50.5 Å². The van der Waals surface area contributed by atoms with E-state index in [2.05, 4.69) is 27.5 Å². The molecule has 0 unspecified atom stereocenters. The molecule has 1 aromatic heterocycles. The standard InChI is InChI=1S/C22H35N5O2/c1-3-4-17-29-22-24-20(23)18-11-12-19(28-2)27(21(18)25-22)16-10-9-15-26-13-7-5-6-8-14-26/h11H,3-10,13-17H2,1-2H3,(H2,23,24,25). The van der Waals surface area contributed by atoms with Gasteiger partial charge in [-0.2, -0.15) is 9.97 Å². The first kappa shape index (κ1) is 21.5. The number of nitrogens with two attached hydrogens (primary N) is 1. The first-order valence-electron chi connectivity index (χ1n) is 11.0. The van der Waals surface area contributed by atoms with Crippen LogP contribution >= 0.6 is 0 Å². The normalized spacial score (nSPS) is 16.9. The molecule has 29 heavy (non-hydrogen) atoms. The van der Waals surface area contributed by atoms with Crippen LogP contribution in [0.2, 0.25) is 0 Å². The van der Waals surface area contributed by atoms with Gasteiger partial charge < -0.3 is 20.1 Å². The molecule has 1 aromatic rings. The van der Waals surface area contributed by atoms with Crippen molar-refractivity contribution in [3.63, 3.8) is 0 Å². The molecule has 7 nitrogen and oxygen atoms in total. The summed E-state index contributed by atoms with van der Waals surface area (Å²) in [5.74, 6) is 1.82. The summed E-state index contributed by atoms with van der Waals surface area (Å²) >= 11 is 0. The topological polar surface area (TPSA) is 76.7 Å². The number of unbranched alkanes of at least 4 members (excludes halogenated alkanes) is 2. The monoisotopic (exact) mass is 401 g/mol. The van der Waals surface area contributed by atoms with E-state index < -0.39 is 0 Å². The lowest BCUT2D eigenvalue weighted by atomic mass is 10.2. The number of hydrogen-bond donors (Lipinski definition) is 1. The summed E-state index contributed by atoms with van der Waals surface area (Å²) in [6.07, 6.45) is 11.4. The quantitative estimate of drug-likeness (QED) is 0.472. The molecule has 0 saturated carbocycles. The molecule has 0 aromatic carbocycles. The smallest absolute Gasteiger partial charge is 0.320 e. The molecule has 1 saturated heterocycles. The van der Waals surface area contributed by atoms with Gasteiger partial charge in [0.05, 0.1) is 19.3 Å². The Morgan fingerprint density at radius 1 is 1.07 bits per heavy atom. The van der Waals surface area contributed by atoms with Crippen molar-refractivity contribution >= 4 is 17.7 Å². The summed E-state index contributed by atoms with van der Waals surface area (Å²) in [5, 5.41) is 0. The van der Waals surface area contributed by atoms with E-state index in [0.717, 1.165) is 50.2 Å². The Morgan fingerprint density at radius 3 is 2.55 bits per heavy atom. The molecule has 2 aliphatic heterocycles. The molecule has 2 aliphatic rings. The minimum Gasteiger partial charge on any atom is -0.476 e. The largest absolute Gasteiger partial charge is 0.476 e. The highest BCUT2D eigenvalue weighted by Gasteiger charge is 2.24. The van der Waals surface area contributed by atoms with Gasteiger partial charge in [-0.05, 0) is 51.7 Å². The van der Waals surface area contributed by atoms with Gasteiger partial charge in [-0.15, -0.1) is 0 Å². The molecule has 0 bridgehead atoms. The Bertz CT molecular complexity index is 722. The fraction of sp³-hybridized carbons (Fsp3) is 0.682. The third kappa shape index (κ3) is 5.87. The van der Waals surface area contributed by atoms with E-state index in [1.165, 1.54) is 38.8 Å². The number of methoxy groups -OCH3 is 1. The molecule has 0 amide bonds. The predicted molar refractivity (Wildman–Crippen MR) is 117 cm³/mol. The highest BCUT2D eigenvalue weighted by Crippen LogP contribution is 2.32. The highest BCUT2D eigenvalue weighted by molar-refractivity contribution is 5.76. The summed E-state index contributed by atoms with van der Waals surface area (Å²) in [7, 11) is 1.66. The highest BCUT2D eigenvalue weighted by atomic mass is 16.5. The van der Waals surface area contributed by atoms with Crippen LogP contribution < -0.4 is 15.4 Å². The Balaban J connectivity index is 1.64. The molecule has 0 aliphatic carbocycles. The van der Waals surface area contributed by atoms with E-state index in [1.807, 2.05) is 4.90 Å². The van der Waals surface area contributed by atoms with Gasteiger partial charge in [-0.1, -0.05) is 31.9 Å². The molecule has 3 heterocycles. The van der Waals surface area contributed by atoms with Crippen molar-refractivity contribution in [2.45, 2.75) is 58.3 Å². The predicted octanol–water partition coefficient (Wildman–Crippen LogP) is 3.81. The van der Waals surface area contributed by atoms with E-state index in [-0.39, 0.29) is 0 Å². The van der Waals surface area contributed by atoms with Crippen LogP contribution in [0.25, 0.3) is 6.08 Å². The van der Waals surface area contributed by atoms with Crippen molar-refractivity contribution in [3.05, 3.63) is 17.2 Å². The second-order valence-corrected chi connectivity index (χ2v) is 7.74. The number of ether oxygens (including phenoxy) is 2. The van der Waals surface area contributed by atoms with Crippen molar-refractivity contribution < 1.29 is 9.47 Å². The fourth-order valence-electron chi connectivity index (χ4n) is 3.82. The zero-order valence-corrected chi connectivity index (χ0v) is 18.0. The minimum absolute atomic E-state index is 0.329. The Kier molecular flexibility index (Phi) is 8.20. The lowest BCUT2D eigenvalue weighted by Crippen LogP contribution is -2.30. The fourth-order valence-corrected chi connectivity index (χ4v) is 3.82. The first-order valence-corrected chi connectivity index (χ1v) is 11.0. The molecular formula is C22H35N5O2. The molecular weight excluding hydrogens is 366 g/mol. The van der Waals surface area contributed by atoms with Crippen LogP contribution in [-0.4, -0.2) is 54.8 Å². The number of nitrogens with zero attached hydrogens (tertiary/aromatic N) is 4. The second kappa shape index (κ2) is 11.1. The summed E-state index contributed by atoms with van der Waals surface area (Å²) in [6.45, 7) is 7.14. The molecule has 0 atom stereocenters. The van der Waals surface area contributed by atoms with Gasteiger partial charge in [0.15, 0.2) is 5.82 Å². The van der Waals surface area contributed by atoms with E-state index in [0.29, 0.717) is 24.3 Å². The van der Waals surface area contributed by atoms with E-state index in [4.69, 9.17) is 15.2 Å². The maximum atomic E-state index is 6.18. The van der Waals surface area contributed by atoms with Gasteiger partial charge in [-0.3, -0.25) is 4.90 Å². The van der Waals surface area contributed by atoms with Crippen LogP contribution in [0.1, 0.15) is 63.9 Å². The number of anilines is 2. The third-order valence-corrected chi connectivity index (χ3v) is 5.50. The summed E-state index contributed by atoms with van der Waals surface area (Å²) in [5.41, 5.74) is 10.1. The maximum absolute atomic E-state index is 6.18. The molecule has 0 spiro atoms. The van der Waals surface area contributed by atoms with Gasteiger partial charge in [0, 0.05) is 12.6 Å². The zero-order chi connectivity index (χ0) is 20.5. The SMILES string of the molecule is CCCCOc1nc(N)c2c(n1)N(CCCCN1CCCCCC1)C(OC)=C=C2. The van der Waals surface area contributed by atoms with E-state index in [1.54, 1.807) is 13.2 Å². The number of likely N-dealkylation sites (tertiary alicyclic amines) is 1. The number of aromatic nitrogens is 2. The first-order chi connectivity index (χ1) is 14.2. The van der Waals surface area contributed by atoms with Crippen LogP contribution in [0.15, 0.2) is 11.6 Å². The molecule has 7 heteroatoms. The number of rotatable bonds is 10. The summed E-state index contributed by atoms with van der Waals surface area (Å²) in [6, 6.07) is 0.329. The Hall–Kier alpha value is -2.24. The van der Waals surface area contributed by atoms with Crippen molar-refractivity contribution in [1.29, 1.82) is 0 Å². The lowest BCUT2D eigenvalue weighted by Gasteiger charge is -2.28. The van der Waals surface area contributed by atoms with Crippen LogP contribution in [0, 0.1) is 0 Å². The summed E-state index contributed by atoms with van der Waals surface area (Å²) in [4.78, 5) is 13.6. The molecule has 1 fully saturated rings. The van der Waals surface area contributed by atoms with Gasteiger partial charge in [0.1, 0.15) is 5.82 Å². The van der Waals surface area contributed by atoms with Crippen LogP contribution in [0.5, 0.6) is 6.01 Å². The van der Waals surface area contributed by atoms with Crippen molar-refractivity contribution in [1.82, 2.24) is 14.9 Å². The van der Waals surface area contributed by atoms with Crippen LogP contribution in [0.4, 0.5) is 11.6 Å². The number of hydrogen-bond acceptors (Lipinski definition) is 7. The average Bonchev–Trinajstić information content (AvgIpc) is 3.00. The molecule has 160 valence electrons. The maximum Gasteiger partial charge on any atom is 0.320 e. The third-order valence-electron chi connectivity index (χ3n) is 5.50. The van der Waals surface area contributed by atoms with Crippen molar-refractivity contribution in [2.24, 2.45) is 0 Å². The van der Waals surface area contributed by atoms with E-state index in [9.17, 15) is 0 Å². The van der Waals surface area contributed by atoms with Crippen LogP contribution in [0.3, 0.4) is 0 Å². The lowest BCUT2D eigenvalue weighted by molar-refractivity contribution is 0.268. The summed E-state index contributed by atoms with van der Waals surface area (Å²) < 4.78 is 11.3. The number of nitrogen functional groups attached to an aromatic ring is 1. The molecule has 0 radical (unpaired) electrons. The van der Waals surface area contributed by atoms with Gasteiger partial charge in [-0.25, -0.2) is 0 Å². The second-order valence-electron chi connectivity index (χ2n) is 7.74.